The first-order chi connectivity index (χ1) is 9.88. The van der Waals surface area contributed by atoms with Gasteiger partial charge in [0.1, 0.15) is 0 Å². The number of sulfonamides is 1. The van der Waals surface area contributed by atoms with E-state index >= 15 is 0 Å². The quantitative estimate of drug-likeness (QED) is 0.269. The van der Waals surface area contributed by atoms with Gasteiger partial charge in [-0.3, -0.25) is 4.99 Å². The van der Waals surface area contributed by atoms with E-state index in [0.717, 1.165) is 30.9 Å². The normalized spacial score (nSPS) is 19.4. The van der Waals surface area contributed by atoms with E-state index in [0.29, 0.717) is 13.1 Å². The van der Waals surface area contributed by atoms with Crippen molar-refractivity contribution in [3.63, 3.8) is 0 Å². The lowest BCUT2D eigenvalue weighted by Gasteiger charge is -2.22. The molecule has 1 heterocycles. The summed E-state index contributed by atoms with van der Waals surface area (Å²) in [4.78, 5) is 6.56. The van der Waals surface area contributed by atoms with Crippen LogP contribution < -0.4 is 10.0 Å². The first-order valence-corrected chi connectivity index (χ1v) is 9.46. The largest absolute Gasteiger partial charge is 0.355 e. The molecule has 0 saturated carbocycles. The fourth-order valence-corrected chi connectivity index (χ4v) is 3.32. The molecule has 8 heteroatoms. The molecule has 1 aliphatic rings. The number of hydrogen-bond donors (Lipinski definition) is 2. The van der Waals surface area contributed by atoms with Crippen LogP contribution in [0.2, 0.25) is 0 Å². The minimum atomic E-state index is -3.11. The van der Waals surface area contributed by atoms with Crippen LogP contribution in [0.25, 0.3) is 0 Å². The summed E-state index contributed by atoms with van der Waals surface area (Å²) in [5.41, 5.74) is 0. The highest BCUT2D eigenvalue weighted by atomic mass is 127. The lowest BCUT2D eigenvalue weighted by atomic mass is 9.97. The Bertz CT molecular complexity index is 440. The van der Waals surface area contributed by atoms with Gasteiger partial charge in [0.15, 0.2) is 5.96 Å². The summed E-state index contributed by atoms with van der Waals surface area (Å²) in [6.45, 7) is 9.16. The van der Waals surface area contributed by atoms with E-state index in [1.165, 1.54) is 12.8 Å². The minimum absolute atomic E-state index is 0. The number of halogens is 1. The van der Waals surface area contributed by atoms with Gasteiger partial charge in [0.05, 0.1) is 5.75 Å². The number of aliphatic imine (C=N–C) groups is 1. The Labute approximate surface area is 152 Å². The van der Waals surface area contributed by atoms with Gasteiger partial charge in [0.25, 0.3) is 0 Å². The molecule has 0 radical (unpaired) electrons. The maximum atomic E-state index is 11.3. The van der Waals surface area contributed by atoms with Crippen LogP contribution in [0.3, 0.4) is 0 Å². The maximum absolute atomic E-state index is 11.3. The van der Waals surface area contributed by atoms with Gasteiger partial charge in [-0.25, -0.2) is 13.1 Å². The van der Waals surface area contributed by atoms with Crippen molar-refractivity contribution in [2.45, 2.75) is 33.6 Å². The van der Waals surface area contributed by atoms with Gasteiger partial charge in [0.2, 0.25) is 10.0 Å². The lowest BCUT2D eigenvalue weighted by Crippen LogP contribution is -2.43. The molecule has 0 aromatic heterocycles. The molecular weight excluding hydrogens is 415 g/mol. The zero-order chi connectivity index (χ0) is 15.9. The Morgan fingerprint density at radius 2 is 2.05 bits per heavy atom. The Morgan fingerprint density at radius 3 is 2.59 bits per heavy atom. The van der Waals surface area contributed by atoms with E-state index in [4.69, 9.17) is 0 Å². The molecule has 6 nitrogen and oxygen atoms in total. The molecule has 22 heavy (non-hydrogen) atoms. The summed E-state index contributed by atoms with van der Waals surface area (Å²) in [6.07, 6.45) is 2.46. The van der Waals surface area contributed by atoms with E-state index in [9.17, 15) is 8.42 Å². The van der Waals surface area contributed by atoms with Crippen LogP contribution in [0.4, 0.5) is 0 Å². The molecular formula is C14H31IN4O2S. The molecule has 0 amide bonds. The molecule has 0 bridgehead atoms. The van der Waals surface area contributed by atoms with Gasteiger partial charge in [-0.1, -0.05) is 13.8 Å². The second-order valence-electron chi connectivity index (χ2n) is 6.00. The van der Waals surface area contributed by atoms with E-state index < -0.39 is 10.0 Å². The topological polar surface area (TPSA) is 73.8 Å². The fourth-order valence-electron chi connectivity index (χ4n) is 2.70. The van der Waals surface area contributed by atoms with Gasteiger partial charge < -0.3 is 10.2 Å². The minimum Gasteiger partial charge on any atom is -0.355 e. The second kappa shape index (κ2) is 10.6. The van der Waals surface area contributed by atoms with Crippen LogP contribution in [0.15, 0.2) is 4.99 Å². The zero-order valence-corrected chi connectivity index (χ0v) is 17.3. The molecule has 2 N–H and O–H groups in total. The molecule has 132 valence electrons. The summed E-state index contributed by atoms with van der Waals surface area (Å²) in [5, 5.41) is 3.23. The van der Waals surface area contributed by atoms with Gasteiger partial charge >= 0.3 is 0 Å². The number of rotatable bonds is 7. The number of nitrogens with zero attached hydrogens (tertiary/aromatic N) is 2. The smallest absolute Gasteiger partial charge is 0.211 e. The molecule has 0 spiro atoms. The SMILES string of the molecule is CCS(=O)(=O)NCCNC(=NC)N1CCC(CC(C)C)C1.I. The Balaban J connectivity index is 0.00000441. The third-order valence-corrected chi connectivity index (χ3v) is 5.12. The predicted molar refractivity (Wildman–Crippen MR) is 103 cm³/mol. The number of hydrogen-bond acceptors (Lipinski definition) is 3. The predicted octanol–water partition coefficient (Wildman–Crippen LogP) is 1.49. The van der Waals surface area contributed by atoms with Gasteiger partial charge in [0, 0.05) is 33.2 Å². The number of likely N-dealkylation sites (tertiary alicyclic amines) is 1. The van der Waals surface area contributed by atoms with Crippen molar-refractivity contribution >= 4 is 40.0 Å². The molecule has 1 unspecified atom stereocenters. The highest BCUT2D eigenvalue weighted by Gasteiger charge is 2.25. The molecule has 0 aromatic rings. The van der Waals surface area contributed by atoms with Crippen LogP contribution in [-0.2, 0) is 10.0 Å². The molecule has 1 rings (SSSR count). The molecule has 1 atom stereocenters. The van der Waals surface area contributed by atoms with Crippen molar-refractivity contribution in [3.05, 3.63) is 0 Å². The van der Waals surface area contributed by atoms with Crippen molar-refractivity contribution in [1.29, 1.82) is 0 Å². The summed E-state index contributed by atoms with van der Waals surface area (Å²) in [7, 11) is -1.34. The first-order valence-electron chi connectivity index (χ1n) is 7.80. The lowest BCUT2D eigenvalue weighted by molar-refractivity contribution is 0.404. The number of nitrogens with one attached hydrogen (secondary N) is 2. The Hall–Kier alpha value is -0.0900. The summed E-state index contributed by atoms with van der Waals surface area (Å²) < 4.78 is 25.2. The van der Waals surface area contributed by atoms with Crippen LogP contribution in [0, 0.1) is 11.8 Å². The standard InChI is InChI=1S/C14H30N4O2S.HI/c1-5-21(19,20)17-8-7-16-14(15-4)18-9-6-13(11-18)10-12(2)3;/h12-13,17H,5-11H2,1-4H3,(H,15,16);1H. The highest BCUT2D eigenvalue weighted by molar-refractivity contribution is 14.0. The Kier molecular flexibility index (Phi) is 10.6. The van der Waals surface area contributed by atoms with Crippen LogP contribution >= 0.6 is 24.0 Å². The monoisotopic (exact) mass is 446 g/mol. The van der Waals surface area contributed by atoms with E-state index in [2.05, 4.69) is 33.8 Å². The van der Waals surface area contributed by atoms with Gasteiger partial charge in [-0.05, 0) is 31.6 Å². The van der Waals surface area contributed by atoms with Crippen LogP contribution in [0.5, 0.6) is 0 Å². The summed E-state index contributed by atoms with van der Waals surface area (Å²) >= 11 is 0. The fraction of sp³-hybridized carbons (Fsp3) is 0.929. The molecule has 1 fully saturated rings. The maximum Gasteiger partial charge on any atom is 0.211 e. The average molecular weight is 446 g/mol. The summed E-state index contributed by atoms with van der Waals surface area (Å²) in [5.74, 6) is 2.46. The van der Waals surface area contributed by atoms with Crippen molar-refractivity contribution in [3.8, 4) is 0 Å². The zero-order valence-electron chi connectivity index (χ0n) is 14.1. The van der Waals surface area contributed by atoms with Gasteiger partial charge in [-0.15, -0.1) is 24.0 Å². The van der Waals surface area contributed by atoms with Crippen molar-refractivity contribution in [2.75, 3.05) is 39.0 Å². The van der Waals surface area contributed by atoms with Crippen molar-refractivity contribution in [2.24, 2.45) is 16.8 Å². The van der Waals surface area contributed by atoms with Crippen LogP contribution in [-0.4, -0.2) is 58.3 Å². The summed E-state index contributed by atoms with van der Waals surface area (Å²) in [6, 6.07) is 0. The van der Waals surface area contributed by atoms with E-state index in [-0.39, 0.29) is 29.7 Å². The molecule has 1 saturated heterocycles. The van der Waals surface area contributed by atoms with Gasteiger partial charge in [-0.2, -0.15) is 0 Å². The van der Waals surface area contributed by atoms with E-state index in [1.807, 2.05) is 0 Å². The molecule has 0 aliphatic carbocycles. The van der Waals surface area contributed by atoms with Crippen molar-refractivity contribution < 1.29 is 8.42 Å². The number of guanidine groups is 1. The second-order valence-corrected chi connectivity index (χ2v) is 8.10. The van der Waals surface area contributed by atoms with Crippen molar-refractivity contribution in [1.82, 2.24) is 14.9 Å². The molecule has 0 aromatic carbocycles. The third kappa shape index (κ3) is 7.96. The average Bonchev–Trinajstić information content (AvgIpc) is 2.86. The van der Waals surface area contributed by atoms with Crippen LogP contribution in [0.1, 0.15) is 33.6 Å². The molecule has 1 aliphatic heterocycles. The third-order valence-electron chi connectivity index (χ3n) is 3.71. The highest BCUT2D eigenvalue weighted by Crippen LogP contribution is 2.23. The van der Waals surface area contributed by atoms with E-state index in [1.54, 1.807) is 14.0 Å². The first kappa shape index (κ1) is 21.9. The Morgan fingerprint density at radius 1 is 1.36 bits per heavy atom.